The molecule has 0 bridgehead atoms. The normalized spacial score (nSPS) is 24.6. The van der Waals surface area contributed by atoms with Gasteiger partial charge in [0.15, 0.2) is 0 Å². The van der Waals surface area contributed by atoms with Gasteiger partial charge in [-0.3, -0.25) is 10.1 Å². The first-order valence-corrected chi connectivity index (χ1v) is 6.26. The van der Waals surface area contributed by atoms with Gasteiger partial charge in [-0.2, -0.15) is 5.26 Å². The zero-order chi connectivity index (χ0) is 14.7. The first-order valence-electron chi connectivity index (χ1n) is 6.26. The Bertz CT molecular complexity index is 555. The summed E-state index contributed by atoms with van der Waals surface area (Å²) in [5.74, 6) is 0.386. The Morgan fingerprint density at radius 1 is 1.70 bits per heavy atom. The Balaban J connectivity index is 2.14. The Kier molecular flexibility index (Phi) is 4.12. The van der Waals surface area contributed by atoms with Crippen LogP contribution >= 0.6 is 0 Å². The van der Waals surface area contributed by atoms with E-state index in [0.717, 1.165) is 6.42 Å². The molecule has 1 aliphatic carbocycles. The third-order valence-electron chi connectivity index (χ3n) is 3.24. The fraction of sp³-hybridized carbons (Fsp3) is 0.500. The van der Waals surface area contributed by atoms with Crippen LogP contribution < -0.4 is 11.1 Å². The smallest absolute Gasteiger partial charge is 0.305 e. The number of anilines is 1. The van der Waals surface area contributed by atoms with Gasteiger partial charge in [0.05, 0.1) is 17.1 Å². The first kappa shape index (κ1) is 14.2. The van der Waals surface area contributed by atoms with E-state index >= 15 is 0 Å². The van der Waals surface area contributed by atoms with Crippen LogP contribution in [0.3, 0.4) is 0 Å². The molecule has 2 rings (SSSR count). The van der Waals surface area contributed by atoms with Gasteiger partial charge < -0.3 is 15.8 Å². The lowest BCUT2D eigenvalue weighted by Gasteiger charge is -2.42. The van der Waals surface area contributed by atoms with Crippen LogP contribution in [0.15, 0.2) is 12.1 Å². The quantitative estimate of drug-likeness (QED) is 0.601. The molecule has 3 unspecified atom stereocenters. The molecular formula is C12H15N5O3. The highest BCUT2D eigenvalue weighted by atomic mass is 16.6. The summed E-state index contributed by atoms with van der Waals surface area (Å²) >= 11 is 0. The summed E-state index contributed by atoms with van der Waals surface area (Å²) in [4.78, 5) is 14.0. The minimum atomic E-state index is -0.632. The van der Waals surface area contributed by atoms with Gasteiger partial charge in [-0.1, -0.05) is 0 Å². The fourth-order valence-corrected chi connectivity index (χ4v) is 2.16. The number of rotatable bonds is 5. The van der Waals surface area contributed by atoms with Crippen LogP contribution in [0.5, 0.6) is 0 Å². The van der Waals surface area contributed by atoms with Crippen molar-refractivity contribution in [3.63, 3.8) is 0 Å². The molecule has 3 atom stereocenters. The van der Waals surface area contributed by atoms with E-state index < -0.39 is 4.92 Å². The highest BCUT2D eigenvalue weighted by molar-refractivity contribution is 5.51. The monoisotopic (exact) mass is 277 g/mol. The second-order valence-electron chi connectivity index (χ2n) is 4.50. The number of hydrogen-bond donors (Lipinski definition) is 2. The number of nitriles is 1. The standard InChI is InChI=1S/C12H15N5O3/c1-2-20-10-5-7(14)12(10)16-11-4-3-9(17(18)19)8(6-13)15-11/h3-4,7,10,12H,2,5,14H2,1H3,(H,15,16). The van der Waals surface area contributed by atoms with E-state index in [-0.39, 0.29) is 29.6 Å². The van der Waals surface area contributed by atoms with Gasteiger partial charge in [0, 0.05) is 18.7 Å². The van der Waals surface area contributed by atoms with Crippen LogP contribution in [-0.4, -0.2) is 34.7 Å². The van der Waals surface area contributed by atoms with Crippen molar-refractivity contribution in [3.8, 4) is 6.07 Å². The maximum atomic E-state index is 10.7. The lowest BCUT2D eigenvalue weighted by Crippen LogP contribution is -2.60. The van der Waals surface area contributed by atoms with E-state index in [0.29, 0.717) is 12.4 Å². The maximum Gasteiger partial charge on any atom is 0.305 e. The maximum absolute atomic E-state index is 10.7. The molecule has 1 aromatic rings. The van der Waals surface area contributed by atoms with E-state index in [4.69, 9.17) is 15.7 Å². The molecule has 8 heteroatoms. The van der Waals surface area contributed by atoms with Crippen molar-refractivity contribution in [2.75, 3.05) is 11.9 Å². The lowest BCUT2D eigenvalue weighted by molar-refractivity contribution is -0.385. The first-order chi connectivity index (χ1) is 9.56. The molecular weight excluding hydrogens is 262 g/mol. The molecule has 0 aromatic carbocycles. The van der Waals surface area contributed by atoms with Crippen LogP contribution in [0.1, 0.15) is 19.0 Å². The number of ether oxygens (including phenoxy) is 1. The van der Waals surface area contributed by atoms with E-state index in [1.54, 1.807) is 6.07 Å². The third-order valence-corrected chi connectivity index (χ3v) is 3.24. The van der Waals surface area contributed by atoms with Crippen LogP contribution in [0.25, 0.3) is 0 Å². The van der Waals surface area contributed by atoms with Crippen molar-refractivity contribution < 1.29 is 9.66 Å². The zero-order valence-corrected chi connectivity index (χ0v) is 10.9. The molecule has 20 heavy (non-hydrogen) atoms. The molecule has 1 heterocycles. The molecule has 0 saturated heterocycles. The van der Waals surface area contributed by atoms with Crippen LogP contribution in [0.4, 0.5) is 11.5 Å². The Hall–Kier alpha value is -2.24. The molecule has 1 fully saturated rings. The molecule has 1 saturated carbocycles. The van der Waals surface area contributed by atoms with E-state index in [1.807, 2.05) is 6.92 Å². The van der Waals surface area contributed by atoms with E-state index in [1.165, 1.54) is 12.1 Å². The van der Waals surface area contributed by atoms with Gasteiger partial charge in [0.25, 0.3) is 0 Å². The molecule has 8 nitrogen and oxygen atoms in total. The van der Waals surface area contributed by atoms with Crippen molar-refractivity contribution in [2.24, 2.45) is 5.73 Å². The number of nitrogens with two attached hydrogens (primary N) is 1. The number of nitrogens with zero attached hydrogens (tertiary/aromatic N) is 3. The minimum Gasteiger partial charge on any atom is -0.376 e. The van der Waals surface area contributed by atoms with Crippen molar-refractivity contribution >= 4 is 11.5 Å². The summed E-state index contributed by atoms with van der Waals surface area (Å²) in [6.45, 7) is 2.49. The predicted molar refractivity (Wildman–Crippen MR) is 71.0 cm³/mol. The summed E-state index contributed by atoms with van der Waals surface area (Å²) in [6, 6.07) is 4.28. The number of aromatic nitrogens is 1. The summed E-state index contributed by atoms with van der Waals surface area (Å²) < 4.78 is 5.51. The fourth-order valence-electron chi connectivity index (χ4n) is 2.16. The zero-order valence-electron chi connectivity index (χ0n) is 10.9. The minimum absolute atomic E-state index is 0.00229. The average Bonchev–Trinajstić information content (AvgIpc) is 2.44. The van der Waals surface area contributed by atoms with Crippen molar-refractivity contribution in [3.05, 3.63) is 27.9 Å². The third kappa shape index (κ3) is 2.68. The molecule has 3 N–H and O–H groups in total. The number of nitrogens with one attached hydrogen (secondary N) is 1. The number of nitro groups is 1. The second-order valence-corrected chi connectivity index (χ2v) is 4.50. The second kappa shape index (κ2) is 5.81. The van der Waals surface area contributed by atoms with Crippen LogP contribution in [-0.2, 0) is 4.74 Å². The summed E-state index contributed by atoms with van der Waals surface area (Å²) in [5, 5.41) is 22.7. The van der Waals surface area contributed by atoms with Gasteiger partial charge >= 0.3 is 5.69 Å². The molecule has 0 radical (unpaired) electrons. The molecule has 1 aliphatic rings. The molecule has 0 amide bonds. The highest BCUT2D eigenvalue weighted by Gasteiger charge is 2.39. The SMILES string of the molecule is CCOC1CC(N)C1Nc1ccc([N+](=O)[O-])c(C#N)n1. The highest BCUT2D eigenvalue weighted by Crippen LogP contribution is 2.27. The lowest BCUT2D eigenvalue weighted by atomic mass is 9.83. The summed E-state index contributed by atoms with van der Waals surface area (Å²) in [5.41, 5.74) is 5.37. The van der Waals surface area contributed by atoms with Gasteiger partial charge in [0.1, 0.15) is 11.9 Å². The summed E-state index contributed by atoms with van der Waals surface area (Å²) in [6.07, 6.45) is 0.751. The topological polar surface area (TPSA) is 127 Å². The van der Waals surface area contributed by atoms with Gasteiger partial charge in [0.2, 0.25) is 5.69 Å². The number of hydrogen-bond acceptors (Lipinski definition) is 7. The van der Waals surface area contributed by atoms with Gasteiger partial charge in [-0.05, 0) is 19.4 Å². The van der Waals surface area contributed by atoms with Crippen molar-refractivity contribution in [1.82, 2.24) is 4.98 Å². The molecule has 1 aromatic heterocycles. The summed E-state index contributed by atoms with van der Waals surface area (Å²) in [7, 11) is 0. The number of pyridine rings is 1. The molecule has 0 aliphatic heterocycles. The Morgan fingerprint density at radius 2 is 2.45 bits per heavy atom. The molecule has 106 valence electrons. The van der Waals surface area contributed by atoms with E-state index in [9.17, 15) is 10.1 Å². The largest absolute Gasteiger partial charge is 0.376 e. The Labute approximate surface area is 115 Å². The van der Waals surface area contributed by atoms with E-state index in [2.05, 4.69) is 10.3 Å². The average molecular weight is 277 g/mol. The van der Waals surface area contributed by atoms with Gasteiger partial charge in [-0.25, -0.2) is 4.98 Å². The predicted octanol–water partition coefficient (Wildman–Crippen LogP) is 0.778. The van der Waals surface area contributed by atoms with Crippen molar-refractivity contribution in [1.29, 1.82) is 5.26 Å². The van der Waals surface area contributed by atoms with Crippen LogP contribution in [0.2, 0.25) is 0 Å². The van der Waals surface area contributed by atoms with Crippen LogP contribution in [0, 0.1) is 21.4 Å². The molecule has 0 spiro atoms. The van der Waals surface area contributed by atoms with Crippen molar-refractivity contribution in [2.45, 2.75) is 31.5 Å². The van der Waals surface area contributed by atoms with Gasteiger partial charge in [-0.15, -0.1) is 0 Å². The Morgan fingerprint density at radius 3 is 3.00 bits per heavy atom.